The molecule has 0 spiro atoms. The van der Waals surface area contributed by atoms with Crippen molar-refractivity contribution in [3.63, 3.8) is 0 Å². The van der Waals surface area contributed by atoms with Crippen molar-refractivity contribution in [3.8, 4) is 5.75 Å². The van der Waals surface area contributed by atoms with Gasteiger partial charge in [0.15, 0.2) is 0 Å². The van der Waals surface area contributed by atoms with Crippen LogP contribution < -0.4 is 10.1 Å². The van der Waals surface area contributed by atoms with Crippen LogP contribution in [0.25, 0.3) is 0 Å². The summed E-state index contributed by atoms with van der Waals surface area (Å²) >= 11 is 6.13. The number of hydrogen-bond donors (Lipinski definition) is 2. The zero-order valence-corrected chi connectivity index (χ0v) is 11.3. The third-order valence-electron chi connectivity index (χ3n) is 2.21. The third kappa shape index (κ3) is 4.94. The van der Waals surface area contributed by atoms with Crippen LogP contribution in [0, 0.1) is 0 Å². The molecule has 17 heavy (non-hydrogen) atoms. The first-order chi connectivity index (χ1) is 7.94. The summed E-state index contributed by atoms with van der Waals surface area (Å²) in [7, 11) is 0. The SMILES string of the molecule is CCNCc1c(Cl)cccc1OCC(C)(C)O. The summed E-state index contributed by atoms with van der Waals surface area (Å²) in [6.07, 6.45) is 0. The average Bonchev–Trinajstić information content (AvgIpc) is 2.24. The number of rotatable bonds is 6. The predicted molar refractivity (Wildman–Crippen MR) is 70.6 cm³/mol. The molecule has 0 saturated heterocycles. The quantitative estimate of drug-likeness (QED) is 0.823. The van der Waals surface area contributed by atoms with Crippen LogP contribution >= 0.6 is 11.6 Å². The molecule has 2 N–H and O–H groups in total. The fourth-order valence-corrected chi connectivity index (χ4v) is 1.58. The molecule has 0 saturated carbocycles. The molecule has 0 bridgehead atoms. The fourth-order valence-electron chi connectivity index (χ4n) is 1.35. The number of aliphatic hydroxyl groups is 1. The molecule has 1 aromatic rings. The Labute approximate surface area is 108 Å². The molecule has 0 heterocycles. The Bertz CT molecular complexity index is 361. The van der Waals surface area contributed by atoms with E-state index in [4.69, 9.17) is 16.3 Å². The first-order valence-electron chi connectivity index (χ1n) is 5.77. The second kappa shape index (κ2) is 6.24. The summed E-state index contributed by atoms with van der Waals surface area (Å²) in [5.41, 5.74) is 0.0814. The highest BCUT2D eigenvalue weighted by Gasteiger charge is 2.15. The van der Waals surface area contributed by atoms with E-state index in [1.54, 1.807) is 13.8 Å². The van der Waals surface area contributed by atoms with E-state index in [-0.39, 0.29) is 6.61 Å². The first-order valence-corrected chi connectivity index (χ1v) is 6.15. The van der Waals surface area contributed by atoms with E-state index in [1.807, 2.05) is 25.1 Å². The Hall–Kier alpha value is -0.770. The van der Waals surface area contributed by atoms with Gasteiger partial charge in [-0.15, -0.1) is 0 Å². The van der Waals surface area contributed by atoms with Crippen LogP contribution in [-0.2, 0) is 6.54 Å². The van der Waals surface area contributed by atoms with E-state index >= 15 is 0 Å². The van der Waals surface area contributed by atoms with Crippen molar-refractivity contribution in [1.82, 2.24) is 5.32 Å². The normalized spacial score (nSPS) is 11.6. The van der Waals surface area contributed by atoms with Crippen LogP contribution in [-0.4, -0.2) is 23.9 Å². The summed E-state index contributed by atoms with van der Waals surface area (Å²) in [5, 5.41) is 13.5. The molecule has 1 rings (SSSR count). The smallest absolute Gasteiger partial charge is 0.125 e. The second-order valence-electron chi connectivity index (χ2n) is 4.60. The van der Waals surface area contributed by atoms with Crippen molar-refractivity contribution in [2.24, 2.45) is 0 Å². The highest BCUT2D eigenvalue weighted by molar-refractivity contribution is 6.31. The van der Waals surface area contributed by atoms with Crippen LogP contribution in [0.15, 0.2) is 18.2 Å². The van der Waals surface area contributed by atoms with Gasteiger partial charge >= 0.3 is 0 Å². The van der Waals surface area contributed by atoms with E-state index in [0.717, 1.165) is 17.9 Å². The lowest BCUT2D eigenvalue weighted by molar-refractivity contribution is 0.0281. The molecule has 4 heteroatoms. The third-order valence-corrected chi connectivity index (χ3v) is 2.56. The number of hydrogen-bond acceptors (Lipinski definition) is 3. The molecule has 1 aromatic carbocycles. The highest BCUT2D eigenvalue weighted by Crippen LogP contribution is 2.26. The summed E-state index contributed by atoms with van der Waals surface area (Å²) in [5.74, 6) is 0.723. The number of nitrogens with one attached hydrogen (secondary N) is 1. The van der Waals surface area contributed by atoms with Gasteiger partial charge in [-0.3, -0.25) is 0 Å². The largest absolute Gasteiger partial charge is 0.490 e. The molecule has 0 fully saturated rings. The van der Waals surface area contributed by atoms with Gasteiger partial charge in [0, 0.05) is 17.1 Å². The van der Waals surface area contributed by atoms with Crippen molar-refractivity contribution in [1.29, 1.82) is 0 Å². The van der Waals surface area contributed by atoms with Crippen molar-refractivity contribution < 1.29 is 9.84 Å². The topological polar surface area (TPSA) is 41.5 Å². The van der Waals surface area contributed by atoms with E-state index in [0.29, 0.717) is 11.6 Å². The van der Waals surface area contributed by atoms with Crippen molar-refractivity contribution in [2.75, 3.05) is 13.2 Å². The maximum Gasteiger partial charge on any atom is 0.125 e. The lowest BCUT2D eigenvalue weighted by Gasteiger charge is -2.20. The molecular formula is C13H20ClNO2. The Morgan fingerprint density at radius 3 is 2.71 bits per heavy atom. The molecule has 96 valence electrons. The van der Waals surface area contributed by atoms with Gasteiger partial charge in [-0.2, -0.15) is 0 Å². The predicted octanol–water partition coefficient (Wildman–Crippen LogP) is 2.60. The monoisotopic (exact) mass is 257 g/mol. The minimum Gasteiger partial charge on any atom is -0.490 e. The molecule has 0 atom stereocenters. The van der Waals surface area contributed by atoms with Gasteiger partial charge in [0.05, 0.1) is 5.60 Å². The van der Waals surface area contributed by atoms with E-state index in [2.05, 4.69) is 5.32 Å². The summed E-state index contributed by atoms with van der Waals surface area (Å²) in [4.78, 5) is 0. The van der Waals surface area contributed by atoms with Gasteiger partial charge in [0.25, 0.3) is 0 Å². The van der Waals surface area contributed by atoms with Gasteiger partial charge < -0.3 is 15.2 Å². The minimum atomic E-state index is -0.849. The zero-order chi connectivity index (χ0) is 12.9. The second-order valence-corrected chi connectivity index (χ2v) is 5.01. The van der Waals surface area contributed by atoms with Crippen LogP contribution in [0.3, 0.4) is 0 Å². The standard InChI is InChI=1S/C13H20ClNO2/c1-4-15-8-10-11(14)6-5-7-12(10)17-9-13(2,3)16/h5-7,15-16H,4,8-9H2,1-3H3. The molecule has 0 amide bonds. The Morgan fingerprint density at radius 1 is 1.41 bits per heavy atom. The lowest BCUT2D eigenvalue weighted by Crippen LogP contribution is -2.28. The zero-order valence-electron chi connectivity index (χ0n) is 10.6. The van der Waals surface area contributed by atoms with Crippen molar-refractivity contribution in [3.05, 3.63) is 28.8 Å². The maximum absolute atomic E-state index is 9.64. The fraction of sp³-hybridized carbons (Fsp3) is 0.538. The molecule has 0 aliphatic rings. The van der Waals surface area contributed by atoms with Crippen LogP contribution in [0.4, 0.5) is 0 Å². The molecule has 0 aromatic heterocycles. The minimum absolute atomic E-state index is 0.243. The lowest BCUT2D eigenvalue weighted by atomic mass is 10.1. The molecule has 0 unspecified atom stereocenters. The van der Waals surface area contributed by atoms with Crippen molar-refractivity contribution >= 4 is 11.6 Å². The van der Waals surface area contributed by atoms with Crippen LogP contribution in [0.2, 0.25) is 5.02 Å². The molecule has 0 aliphatic carbocycles. The van der Waals surface area contributed by atoms with Gasteiger partial charge in [-0.05, 0) is 32.5 Å². The van der Waals surface area contributed by atoms with E-state index < -0.39 is 5.60 Å². The van der Waals surface area contributed by atoms with Crippen LogP contribution in [0.5, 0.6) is 5.75 Å². The summed E-state index contributed by atoms with van der Waals surface area (Å²) < 4.78 is 5.61. The Kier molecular flexibility index (Phi) is 5.25. The maximum atomic E-state index is 9.64. The van der Waals surface area contributed by atoms with Gasteiger partial charge in [-0.25, -0.2) is 0 Å². The van der Waals surface area contributed by atoms with E-state index in [1.165, 1.54) is 0 Å². The van der Waals surface area contributed by atoms with Gasteiger partial charge in [-0.1, -0.05) is 24.6 Å². The number of halogens is 1. The molecular weight excluding hydrogens is 238 g/mol. The van der Waals surface area contributed by atoms with Gasteiger partial charge in [0.2, 0.25) is 0 Å². The van der Waals surface area contributed by atoms with Crippen molar-refractivity contribution in [2.45, 2.75) is 32.9 Å². The molecule has 3 nitrogen and oxygen atoms in total. The first kappa shape index (κ1) is 14.3. The van der Waals surface area contributed by atoms with E-state index in [9.17, 15) is 5.11 Å². The summed E-state index contributed by atoms with van der Waals surface area (Å²) in [6, 6.07) is 5.55. The van der Waals surface area contributed by atoms with Crippen LogP contribution in [0.1, 0.15) is 26.3 Å². The van der Waals surface area contributed by atoms with Gasteiger partial charge in [0.1, 0.15) is 12.4 Å². The molecule has 0 radical (unpaired) electrons. The highest BCUT2D eigenvalue weighted by atomic mass is 35.5. The summed E-state index contributed by atoms with van der Waals surface area (Å²) in [6.45, 7) is 7.23. The molecule has 0 aliphatic heterocycles. The average molecular weight is 258 g/mol. The number of benzene rings is 1. The Morgan fingerprint density at radius 2 is 2.12 bits per heavy atom. The number of ether oxygens (including phenoxy) is 1. The Balaban J connectivity index is 2.79.